The third-order valence-corrected chi connectivity index (χ3v) is 3.94. The molecule has 2 aromatic carbocycles. The number of fused-ring (bicyclic) bond motifs is 1. The zero-order valence-electron chi connectivity index (χ0n) is 12.7. The summed E-state index contributed by atoms with van der Waals surface area (Å²) in [4.78, 5) is 0. The Hall–Kier alpha value is -2.20. The molecule has 0 fully saturated rings. The van der Waals surface area contributed by atoms with Gasteiger partial charge in [-0.1, -0.05) is 18.2 Å². The van der Waals surface area contributed by atoms with Crippen molar-refractivity contribution >= 4 is 0 Å². The van der Waals surface area contributed by atoms with E-state index in [-0.39, 0.29) is 5.92 Å². The third kappa shape index (κ3) is 3.17. The van der Waals surface area contributed by atoms with Crippen LogP contribution in [0.2, 0.25) is 0 Å². The highest BCUT2D eigenvalue weighted by Gasteiger charge is 2.15. The van der Waals surface area contributed by atoms with Gasteiger partial charge < -0.3 is 19.9 Å². The Morgan fingerprint density at radius 3 is 2.68 bits per heavy atom. The Bertz CT molecular complexity index is 642. The summed E-state index contributed by atoms with van der Waals surface area (Å²) in [6.45, 7) is 1.80. The van der Waals surface area contributed by atoms with E-state index in [1.54, 1.807) is 7.11 Å². The highest BCUT2D eigenvalue weighted by molar-refractivity contribution is 5.44. The molecule has 22 heavy (non-hydrogen) atoms. The van der Waals surface area contributed by atoms with E-state index in [0.29, 0.717) is 19.8 Å². The van der Waals surface area contributed by atoms with E-state index in [2.05, 4.69) is 24.3 Å². The number of benzene rings is 2. The Labute approximate surface area is 130 Å². The quantitative estimate of drug-likeness (QED) is 0.922. The molecule has 0 bridgehead atoms. The van der Waals surface area contributed by atoms with E-state index < -0.39 is 0 Å². The molecule has 116 valence electrons. The van der Waals surface area contributed by atoms with Crippen LogP contribution in [0.3, 0.4) is 0 Å². The molecule has 1 heterocycles. The van der Waals surface area contributed by atoms with Crippen molar-refractivity contribution in [3.05, 3.63) is 53.6 Å². The van der Waals surface area contributed by atoms with Gasteiger partial charge in [-0.2, -0.15) is 0 Å². The molecule has 0 radical (unpaired) electrons. The van der Waals surface area contributed by atoms with Crippen molar-refractivity contribution in [2.75, 3.05) is 26.9 Å². The van der Waals surface area contributed by atoms with Crippen LogP contribution in [0.5, 0.6) is 17.2 Å². The average Bonchev–Trinajstić information content (AvgIpc) is 2.59. The van der Waals surface area contributed by atoms with Crippen molar-refractivity contribution in [1.29, 1.82) is 0 Å². The van der Waals surface area contributed by atoms with Crippen LogP contribution in [0.25, 0.3) is 0 Å². The van der Waals surface area contributed by atoms with E-state index in [9.17, 15) is 0 Å². The van der Waals surface area contributed by atoms with Gasteiger partial charge >= 0.3 is 0 Å². The Balaban J connectivity index is 1.80. The number of rotatable bonds is 5. The number of hydrogen-bond acceptors (Lipinski definition) is 4. The highest BCUT2D eigenvalue weighted by Crippen LogP contribution is 2.32. The molecule has 2 aromatic rings. The van der Waals surface area contributed by atoms with Gasteiger partial charge in [0, 0.05) is 5.92 Å². The maximum Gasteiger partial charge on any atom is 0.161 e. The lowest BCUT2D eigenvalue weighted by atomic mass is 9.92. The fourth-order valence-corrected chi connectivity index (χ4v) is 2.73. The molecule has 1 aliphatic heterocycles. The second kappa shape index (κ2) is 6.71. The highest BCUT2D eigenvalue weighted by atomic mass is 16.6. The molecule has 1 aliphatic rings. The molecule has 1 unspecified atom stereocenters. The van der Waals surface area contributed by atoms with Gasteiger partial charge in [0.05, 0.1) is 7.11 Å². The SMILES string of the molecule is COc1cccc(C(CN)Cc2ccc3c(c2)OCCO3)c1. The summed E-state index contributed by atoms with van der Waals surface area (Å²) in [5.41, 5.74) is 8.37. The Morgan fingerprint density at radius 1 is 1.09 bits per heavy atom. The van der Waals surface area contributed by atoms with Crippen molar-refractivity contribution in [1.82, 2.24) is 0 Å². The van der Waals surface area contributed by atoms with Gasteiger partial charge in [-0.3, -0.25) is 0 Å². The van der Waals surface area contributed by atoms with Gasteiger partial charge in [-0.05, 0) is 48.4 Å². The van der Waals surface area contributed by atoms with Crippen molar-refractivity contribution < 1.29 is 14.2 Å². The summed E-state index contributed by atoms with van der Waals surface area (Å²) in [5, 5.41) is 0. The molecule has 0 saturated heterocycles. The summed E-state index contributed by atoms with van der Waals surface area (Å²) in [6, 6.07) is 14.2. The van der Waals surface area contributed by atoms with Crippen LogP contribution in [0.1, 0.15) is 17.0 Å². The average molecular weight is 299 g/mol. The number of hydrogen-bond donors (Lipinski definition) is 1. The third-order valence-electron chi connectivity index (χ3n) is 3.94. The van der Waals surface area contributed by atoms with Crippen LogP contribution < -0.4 is 19.9 Å². The van der Waals surface area contributed by atoms with Crippen LogP contribution in [-0.2, 0) is 6.42 Å². The summed E-state index contributed by atoms with van der Waals surface area (Å²) < 4.78 is 16.5. The molecule has 0 spiro atoms. The van der Waals surface area contributed by atoms with E-state index in [4.69, 9.17) is 19.9 Å². The number of ether oxygens (including phenoxy) is 3. The van der Waals surface area contributed by atoms with Gasteiger partial charge in [-0.25, -0.2) is 0 Å². The van der Waals surface area contributed by atoms with Crippen LogP contribution >= 0.6 is 0 Å². The first-order chi connectivity index (χ1) is 10.8. The van der Waals surface area contributed by atoms with Gasteiger partial charge in [0.1, 0.15) is 19.0 Å². The first-order valence-electron chi connectivity index (χ1n) is 7.52. The minimum atomic E-state index is 0.248. The van der Waals surface area contributed by atoms with Crippen molar-refractivity contribution in [2.24, 2.45) is 5.73 Å². The fourth-order valence-electron chi connectivity index (χ4n) is 2.73. The molecule has 0 amide bonds. The second-order valence-electron chi connectivity index (χ2n) is 5.39. The van der Waals surface area contributed by atoms with Crippen LogP contribution in [0, 0.1) is 0 Å². The van der Waals surface area contributed by atoms with E-state index in [1.807, 2.05) is 18.2 Å². The molecular weight excluding hydrogens is 278 g/mol. The lowest BCUT2D eigenvalue weighted by Gasteiger charge is -2.20. The molecule has 0 saturated carbocycles. The summed E-state index contributed by atoms with van der Waals surface area (Å²) in [7, 11) is 1.68. The molecule has 1 atom stereocenters. The molecule has 3 rings (SSSR count). The number of nitrogens with two attached hydrogens (primary N) is 1. The normalized spacial score (nSPS) is 14.5. The van der Waals surface area contributed by atoms with Crippen LogP contribution in [-0.4, -0.2) is 26.9 Å². The first kappa shape index (κ1) is 14.7. The molecule has 2 N–H and O–H groups in total. The maximum absolute atomic E-state index is 5.99. The van der Waals surface area contributed by atoms with E-state index in [1.165, 1.54) is 11.1 Å². The van der Waals surface area contributed by atoms with Crippen LogP contribution in [0.15, 0.2) is 42.5 Å². The summed E-state index contributed by atoms with van der Waals surface area (Å²) in [6.07, 6.45) is 0.861. The topological polar surface area (TPSA) is 53.7 Å². The number of methoxy groups -OCH3 is 1. The van der Waals surface area contributed by atoms with E-state index >= 15 is 0 Å². The van der Waals surface area contributed by atoms with Crippen LogP contribution in [0.4, 0.5) is 0 Å². The predicted octanol–water partition coefficient (Wildman–Crippen LogP) is 2.75. The molecule has 4 heteroatoms. The van der Waals surface area contributed by atoms with Crippen molar-refractivity contribution in [2.45, 2.75) is 12.3 Å². The Kier molecular flexibility index (Phi) is 4.49. The maximum atomic E-state index is 5.99. The van der Waals surface area contributed by atoms with E-state index in [0.717, 1.165) is 23.7 Å². The first-order valence-corrected chi connectivity index (χ1v) is 7.52. The minimum absolute atomic E-state index is 0.248. The molecule has 4 nitrogen and oxygen atoms in total. The van der Waals surface area contributed by atoms with Gasteiger partial charge in [0.2, 0.25) is 0 Å². The Morgan fingerprint density at radius 2 is 1.91 bits per heavy atom. The largest absolute Gasteiger partial charge is 0.497 e. The summed E-state index contributed by atoms with van der Waals surface area (Å²) >= 11 is 0. The standard InChI is InChI=1S/C18H21NO3/c1-20-16-4-2-3-14(11-16)15(12-19)9-13-5-6-17-18(10-13)22-8-7-21-17/h2-6,10-11,15H,7-9,12,19H2,1H3. The molecule has 0 aliphatic carbocycles. The van der Waals surface area contributed by atoms with Gasteiger partial charge in [0.25, 0.3) is 0 Å². The van der Waals surface area contributed by atoms with Crippen molar-refractivity contribution in [3.63, 3.8) is 0 Å². The minimum Gasteiger partial charge on any atom is -0.497 e. The fraction of sp³-hybridized carbons (Fsp3) is 0.333. The van der Waals surface area contributed by atoms with Gasteiger partial charge in [0.15, 0.2) is 11.5 Å². The van der Waals surface area contributed by atoms with Crippen molar-refractivity contribution in [3.8, 4) is 17.2 Å². The zero-order chi connectivity index (χ0) is 15.4. The molecule has 0 aromatic heterocycles. The van der Waals surface area contributed by atoms with Gasteiger partial charge in [-0.15, -0.1) is 0 Å². The monoisotopic (exact) mass is 299 g/mol. The smallest absolute Gasteiger partial charge is 0.161 e. The predicted molar refractivity (Wildman–Crippen MR) is 85.9 cm³/mol. The lowest BCUT2D eigenvalue weighted by Crippen LogP contribution is -2.17. The zero-order valence-corrected chi connectivity index (χ0v) is 12.7. The second-order valence-corrected chi connectivity index (χ2v) is 5.39. The molecular formula is C18H21NO3. The summed E-state index contributed by atoms with van der Waals surface area (Å²) in [5.74, 6) is 2.75. The lowest BCUT2D eigenvalue weighted by molar-refractivity contribution is 0.171.